The second kappa shape index (κ2) is 7.68. The average molecular weight is 348 g/mol. The normalized spacial score (nSPS) is 15.5. The largest absolute Gasteiger partial charge is 0.348 e. The predicted molar refractivity (Wildman–Crippen MR) is 102 cm³/mol. The molecule has 1 aliphatic rings. The molecule has 0 atom stereocenters. The van der Waals surface area contributed by atoms with Crippen LogP contribution in [0.3, 0.4) is 0 Å². The quantitative estimate of drug-likeness (QED) is 0.769. The molecule has 1 fully saturated rings. The standard InChI is InChI=1S/C21H24N4O/c26-21(5-4-17-2-1-3-18-13-22-9-6-20(17)18)25-10-7-16(8-11-25)12-19-14-23-15-24-19/h1-3,6,9,13-16H,4-5,7-8,10-12H2,(H,23,24). The third kappa shape index (κ3) is 3.77. The van der Waals surface area contributed by atoms with Crippen LogP contribution in [0.1, 0.15) is 30.5 Å². The van der Waals surface area contributed by atoms with Crippen molar-refractivity contribution in [1.82, 2.24) is 19.9 Å². The first-order chi connectivity index (χ1) is 12.8. The highest BCUT2D eigenvalue weighted by molar-refractivity contribution is 5.85. The SMILES string of the molecule is O=C(CCc1cccc2cnccc12)N1CCC(Cc2cnc[nH]2)CC1. The van der Waals surface area contributed by atoms with Gasteiger partial charge in [0.15, 0.2) is 0 Å². The summed E-state index contributed by atoms with van der Waals surface area (Å²) in [6, 6.07) is 8.27. The molecule has 2 aromatic heterocycles. The van der Waals surface area contributed by atoms with Crippen molar-refractivity contribution in [3.05, 3.63) is 60.4 Å². The Balaban J connectivity index is 1.30. The van der Waals surface area contributed by atoms with Gasteiger partial charge in [-0.05, 0) is 48.6 Å². The molecule has 0 unspecified atom stereocenters. The molecule has 1 amide bonds. The average Bonchev–Trinajstić information content (AvgIpc) is 3.19. The maximum absolute atomic E-state index is 12.6. The minimum Gasteiger partial charge on any atom is -0.348 e. The predicted octanol–water partition coefficient (Wildman–Crippen LogP) is 3.37. The first-order valence-electron chi connectivity index (χ1n) is 9.36. The number of benzene rings is 1. The molecule has 26 heavy (non-hydrogen) atoms. The van der Waals surface area contributed by atoms with Gasteiger partial charge in [-0.2, -0.15) is 0 Å². The van der Waals surface area contributed by atoms with Crippen molar-refractivity contribution in [1.29, 1.82) is 0 Å². The summed E-state index contributed by atoms with van der Waals surface area (Å²) in [6.45, 7) is 1.74. The fraction of sp³-hybridized carbons (Fsp3) is 0.381. The maximum atomic E-state index is 12.6. The van der Waals surface area contributed by atoms with E-state index in [0.717, 1.165) is 44.2 Å². The lowest BCUT2D eigenvalue weighted by Crippen LogP contribution is -2.39. The van der Waals surface area contributed by atoms with Crippen LogP contribution in [-0.4, -0.2) is 38.8 Å². The molecule has 4 rings (SSSR count). The number of nitrogens with zero attached hydrogens (tertiary/aromatic N) is 3. The number of fused-ring (bicyclic) bond motifs is 1. The van der Waals surface area contributed by atoms with E-state index in [1.807, 2.05) is 35.6 Å². The molecule has 3 heterocycles. The van der Waals surface area contributed by atoms with Crippen LogP contribution in [0.4, 0.5) is 0 Å². The molecule has 0 saturated carbocycles. The van der Waals surface area contributed by atoms with Crippen molar-refractivity contribution < 1.29 is 4.79 Å². The van der Waals surface area contributed by atoms with Gasteiger partial charge >= 0.3 is 0 Å². The number of nitrogens with one attached hydrogen (secondary N) is 1. The third-order valence-electron chi connectivity index (χ3n) is 5.41. The molecule has 0 bridgehead atoms. The highest BCUT2D eigenvalue weighted by Gasteiger charge is 2.23. The fourth-order valence-electron chi connectivity index (χ4n) is 3.90. The van der Waals surface area contributed by atoms with Crippen molar-refractivity contribution in [2.45, 2.75) is 32.1 Å². The van der Waals surface area contributed by atoms with Gasteiger partial charge in [0.1, 0.15) is 0 Å². The van der Waals surface area contributed by atoms with Crippen LogP contribution < -0.4 is 0 Å². The van der Waals surface area contributed by atoms with E-state index in [9.17, 15) is 4.79 Å². The summed E-state index contributed by atoms with van der Waals surface area (Å²) in [6.07, 6.45) is 11.9. The Morgan fingerprint density at radius 2 is 2.04 bits per heavy atom. The summed E-state index contributed by atoms with van der Waals surface area (Å²) in [5, 5.41) is 2.34. The van der Waals surface area contributed by atoms with Crippen molar-refractivity contribution >= 4 is 16.7 Å². The van der Waals surface area contributed by atoms with Gasteiger partial charge in [-0.15, -0.1) is 0 Å². The molecule has 5 nitrogen and oxygen atoms in total. The van der Waals surface area contributed by atoms with E-state index in [1.54, 1.807) is 6.33 Å². The van der Waals surface area contributed by atoms with Gasteiger partial charge in [-0.25, -0.2) is 4.98 Å². The lowest BCUT2D eigenvalue weighted by atomic mass is 9.92. The van der Waals surface area contributed by atoms with Crippen LogP contribution in [0.25, 0.3) is 10.8 Å². The minimum absolute atomic E-state index is 0.274. The number of aryl methyl sites for hydroxylation is 1. The van der Waals surface area contributed by atoms with Gasteiger partial charge in [0, 0.05) is 49.2 Å². The zero-order valence-corrected chi connectivity index (χ0v) is 14.9. The number of H-pyrrole nitrogens is 1. The van der Waals surface area contributed by atoms with Crippen LogP contribution in [0, 0.1) is 5.92 Å². The van der Waals surface area contributed by atoms with Crippen LogP contribution in [0.2, 0.25) is 0 Å². The molecule has 0 spiro atoms. The van der Waals surface area contributed by atoms with E-state index in [1.165, 1.54) is 16.6 Å². The molecule has 1 saturated heterocycles. The molecule has 0 radical (unpaired) electrons. The van der Waals surface area contributed by atoms with E-state index in [-0.39, 0.29) is 5.91 Å². The summed E-state index contributed by atoms with van der Waals surface area (Å²) in [5.74, 6) is 0.918. The summed E-state index contributed by atoms with van der Waals surface area (Å²) in [4.78, 5) is 26.1. The number of pyridine rings is 1. The zero-order chi connectivity index (χ0) is 17.8. The van der Waals surface area contributed by atoms with Crippen molar-refractivity contribution in [3.8, 4) is 0 Å². The number of hydrogen-bond acceptors (Lipinski definition) is 3. The lowest BCUT2D eigenvalue weighted by molar-refractivity contribution is -0.132. The molecule has 1 aromatic carbocycles. The summed E-state index contributed by atoms with van der Waals surface area (Å²) in [7, 11) is 0. The highest BCUT2D eigenvalue weighted by Crippen LogP contribution is 2.23. The first-order valence-corrected chi connectivity index (χ1v) is 9.36. The van der Waals surface area contributed by atoms with E-state index < -0.39 is 0 Å². The summed E-state index contributed by atoms with van der Waals surface area (Å²) < 4.78 is 0. The third-order valence-corrected chi connectivity index (χ3v) is 5.41. The number of hydrogen-bond donors (Lipinski definition) is 1. The highest BCUT2D eigenvalue weighted by atomic mass is 16.2. The van der Waals surface area contributed by atoms with Crippen LogP contribution in [0.15, 0.2) is 49.2 Å². The monoisotopic (exact) mass is 348 g/mol. The zero-order valence-electron chi connectivity index (χ0n) is 14.9. The van der Waals surface area contributed by atoms with E-state index in [2.05, 4.69) is 27.1 Å². The molecule has 1 aliphatic heterocycles. The second-order valence-corrected chi connectivity index (χ2v) is 7.12. The van der Waals surface area contributed by atoms with E-state index in [0.29, 0.717) is 12.3 Å². The number of amides is 1. The van der Waals surface area contributed by atoms with Gasteiger partial charge in [-0.3, -0.25) is 9.78 Å². The Morgan fingerprint density at radius 1 is 1.15 bits per heavy atom. The van der Waals surface area contributed by atoms with Crippen LogP contribution in [-0.2, 0) is 17.6 Å². The fourth-order valence-corrected chi connectivity index (χ4v) is 3.90. The number of aromatic nitrogens is 3. The summed E-state index contributed by atoms with van der Waals surface area (Å²) >= 11 is 0. The number of carbonyl (C=O) groups is 1. The van der Waals surface area contributed by atoms with Crippen molar-refractivity contribution in [3.63, 3.8) is 0 Å². The van der Waals surface area contributed by atoms with Gasteiger partial charge in [-0.1, -0.05) is 18.2 Å². The van der Waals surface area contributed by atoms with Gasteiger partial charge in [0.25, 0.3) is 0 Å². The Labute approximate surface area is 153 Å². The molecular formula is C21H24N4O. The van der Waals surface area contributed by atoms with Crippen molar-refractivity contribution in [2.75, 3.05) is 13.1 Å². The topological polar surface area (TPSA) is 61.9 Å². The molecule has 3 aromatic rings. The number of likely N-dealkylation sites (tertiary alicyclic amines) is 1. The second-order valence-electron chi connectivity index (χ2n) is 7.12. The Bertz CT molecular complexity index is 861. The van der Waals surface area contributed by atoms with Gasteiger partial charge in [0.2, 0.25) is 5.91 Å². The van der Waals surface area contributed by atoms with Gasteiger partial charge in [0.05, 0.1) is 6.33 Å². The Kier molecular flexibility index (Phi) is 4.95. The van der Waals surface area contributed by atoms with E-state index in [4.69, 9.17) is 0 Å². The maximum Gasteiger partial charge on any atom is 0.222 e. The molecular weight excluding hydrogens is 324 g/mol. The van der Waals surface area contributed by atoms with Crippen molar-refractivity contribution in [2.24, 2.45) is 5.92 Å². The number of carbonyl (C=O) groups excluding carboxylic acids is 1. The molecule has 1 N–H and O–H groups in total. The minimum atomic E-state index is 0.274. The molecule has 134 valence electrons. The number of rotatable bonds is 5. The van der Waals surface area contributed by atoms with E-state index >= 15 is 0 Å². The molecule has 0 aliphatic carbocycles. The first kappa shape index (κ1) is 16.8. The Hall–Kier alpha value is -2.69. The number of aromatic amines is 1. The number of imidazole rings is 1. The van der Waals surface area contributed by atoms with Gasteiger partial charge < -0.3 is 9.88 Å². The lowest BCUT2D eigenvalue weighted by Gasteiger charge is -2.32. The number of piperidine rings is 1. The van der Waals surface area contributed by atoms with Crippen LogP contribution >= 0.6 is 0 Å². The Morgan fingerprint density at radius 3 is 2.85 bits per heavy atom. The van der Waals surface area contributed by atoms with Crippen LogP contribution in [0.5, 0.6) is 0 Å². The smallest absolute Gasteiger partial charge is 0.222 e. The molecule has 5 heteroatoms. The summed E-state index contributed by atoms with van der Waals surface area (Å²) in [5.41, 5.74) is 2.42.